The average molecular weight is 272 g/mol. The average Bonchev–Trinajstić information content (AvgIpc) is 3.01. The Labute approximate surface area is 114 Å². The summed E-state index contributed by atoms with van der Waals surface area (Å²) < 4.78 is 10.2. The summed E-state index contributed by atoms with van der Waals surface area (Å²) in [6.45, 7) is 1.89. The number of aryl methyl sites for hydroxylation is 1. The van der Waals surface area contributed by atoms with Crippen LogP contribution in [0.3, 0.4) is 0 Å². The van der Waals surface area contributed by atoms with Crippen LogP contribution in [0, 0.1) is 6.92 Å². The van der Waals surface area contributed by atoms with Crippen LogP contribution in [0.1, 0.15) is 16.2 Å². The van der Waals surface area contributed by atoms with Gasteiger partial charge < -0.3 is 19.4 Å². The molecule has 2 heterocycles. The number of H-pyrrole nitrogens is 1. The van der Waals surface area contributed by atoms with Crippen LogP contribution in [-0.4, -0.2) is 28.3 Å². The minimum Gasteiger partial charge on any atom is -0.496 e. The first-order valence-electron chi connectivity index (χ1n) is 5.97. The molecule has 0 saturated carbocycles. The summed E-state index contributed by atoms with van der Waals surface area (Å²) in [5.41, 5.74) is 3.02. The smallest absolute Gasteiger partial charge is 0.374 e. The first kappa shape index (κ1) is 12.3. The summed E-state index contributed by atoms with van der Waals surface area (Å²) >= 11 is 0. The second-order valence-corrected chi connectivity index (χ2v) is 4.39. The Bertz CT molecular complexity index is 801. The molecule has 0 radical (unpaired) electrons. The molecule has 0 amide bonds. The molecule has 3 aromatic rings. The zero-order chi connectivity index (χ0) is 14.3. The number of methoxy groups -OCH3 is 1. The largest absolute Gasteiger partial charge is 0.496 e. The van der Waals surface area contributed by atoms with Crippen molar-refractivity contribution in [3.63, 3.8) is 0 Å². The van der Waals surface area contributed by atoms with Crippen molar-refractivity contribution < 1.29 is 19.2 Å². The molecular weight excluding hydrogens is 260 g/mol. The maximum atomic E-state index is 10.9. The third-order valence-corrected chi connectivity index (χ3v) is 3.17. The number of hydrogen-bond acceptors (Lipinski definition) is 4. The van der Waals surface area contributed by atoms with Crippen molar-refractivity contribution in [2.75, 3.05) is 7.11 Å². The molecular formula is C14H12N2O4. The van der Waals surface area contributed by atoms with E-state index >= 15 is 0 Å². The summed E-state index contributed by atoms with van der Waals surface area (Å²) in [7, 11) is 1.59. The molecule has 0 aliphatic rings. The lowest BCUT2D eigenvalue weighted by Crippen LogP contribution is -1.91. The van der Waals surface area contributed by atoms with Crippen molar-refractivity contribution in [3.8, 4) is 17.0 Å². The van der Waals surface area contributed by atoms with Gasteiger partial charge in [0.1, 0.15) is 11.4 Å². The third-order valence-electron chi connectivity index (χ3n) is 3.17. The van der Waals surface area contributed by atoms with E-state index in [1.807, 2.05) is 25.1 Å². The van der Waals surface area contributed by atoms with Crippen molar-refractivity contribution in [2.45, 2.75) is 6.92 Å². The van der Waals surface area contributed by atoms with E-state index in [1.165, 1.54) is 6.07 Å². The predicted molar refractivity (Wildman–Crippen MR) is 72.0 cm³/mol. The highest BCUT2D eigenvalue weighted by Gasteiger charge is 2.19. The topological polar surface area (TPSA) is 88.4 Å². The van der Waals surface area contributed by atoms with E-state index in [4.69, 9.17) is 14.4 Å². The van der Waals surface area contributed by atoms with Crippen molar-refractivity contribution in [1.82, 2.24) is 10.1 Å². The number of carbonyl (C=O) groups is 1. The molecule has 3 rings (SSSR count). The van der Waals surface area contributed by atoms with Gasteiger partial charge >= 0.3 is 5.97 Å². The van der Waals surface area contributed by atoms with E-state index in [0.717, 1.165) is 22.2 Å². The van der Waals surface area contributed by atoms with Gasteiger partial charge in [0.15, 0.2) is 0 Å². The normalized spacial score (nSPS) is 10.9. The van der Waals surface area contributed by atoms with Gasteiger partial charge in [0, 0.05) is 17.3 Å². The summed E-state index contributed by atoms with van der Waals surface area (Å²) in [6.07, 6.45) is 0. The highest BCUT2D eigenvalue weighted by molar-refractivity contribution is 6.01. The van der Waals surface area contributed by atoms with E-state index < -0.39 is 5.97 Å². The van der Waals surface area contributed by atoms with Gasteiger partial charge in [-0.05, 0) is 19.1 Å². The van der Waals surface area contributed by atoms with Crippen LogP contribution in [0.5, 0.6) is 5.75 Å². The summed E-state index contributed by atoms with van der Waals surface area (Å²) in [6, 6.07) is 7.06. The van der Waals surface area contributed by atoms with Crippen LogP contribution in [-0.2, 0) is 0 Å². The Hall–Kier alpha value is -2.76. The fourth-order valence-corrected chi connectivity index (χ4v) is 2.33. The SMILES string of the molecule is COc1cccc2[nH]c(C)c(-c3cc(C(=O)O)on3)c12. The van der Waals surface area contributed by atoms with Crippen LogP contribution < -0.4 is 4.74 Å². The second kappa shape index (κ2) is 4.41. The number of carboxylic acid groups (broad SMARTS) is 1. The summed E-state index contributed by atoms with van der Waals surface area (Å²) in [4.78, 5) is 14.1. The molecule has 6 nitrogen and oxygen atoms in total. The first-order valence-corrected chi connectivity index (χ1v) is 5.97. The fraction of sp³-hybridized carbons (Fsp3) is 0.143. The Morgan fingerprint density at radius 2 is 2.25 bits per heavy atom. The van der Waals surface area contributed by atoms with Crippen molar-refractivity contribution in [3.05, 3.63) is 35.7 Å². The Balaban J connectivity index is 2.29. The Kier molecular flexibility index (Phi) is 2.71. The number of hydrogen-bond donors (Lipinski definition) is 2. The minimum atomic E-state index is -1.15. The van der Waals surface area contributed by atoms with Crippen LogP contribution in [0.2, 0.25) is 0 Å². The monoisotopic (exact) mass is 272 g/mol. The number of carboxylic acids is 1. The standard InChI is InChI=1S/C14H12N2O4/c1-7-12(9-6-11(14(17)18)20-16-9)13-8(15-7)4-3-5-10(13)19-2/h3-6,15H,1-2H3,(H,17,18). The lowest BCUT2D eigenvalue weighted by molar-refractivity contribution is 0.0652. The molecule has 0 spiro atoms. The Morgan fingerprint density at radius 3 is 2.90 bits per heavy atom. The molecule has 2 aromatic heterocycles. The molecule has 6 heteroatoms. The summed E-state index contributed by atoms with van der Waals surface area (Å²) in [5.74, 6) is -0.640. The maximum absolute atomic E-state index is 10.9. The van der Waals surface area contributed by atoms with Crippen LogP contribution >= 0.6 is 0 Å². The van der Waals surface area contributed by atoms with E-state index in [9.17, 15) is 4.79 Å². The molecule has 0 saturated heterocycles. The van der Waals surface area contributed by atoms with Gasteiger partial charge in [-0.25, -0.2) is 4.79 Å². The van der Waals surface area contributed by atoms with Crippen molar-refractivity contribution in [1.29, 1.82) is 0 Å². The molecule has 0 fully saturated rings. The molecule has 102 valence electrons. The van der Waals surface area contributed by atoms with Gasteiger partial charge in [0.25, 0.3) is 0 Å². The molecule has 0 unspecified atom stereocenters. The number of aromatic carboxylic acids is 1. The third kappa shape index (κ3) is 1.73. The predicted octanol–water partition coefficient (Wildman–Crippen LogP) is 2.84. The number of fused-ring (bicyclic) bond motifs is 1. The van der Waals surface area contributed by atoms with E-state index in [1.54, 1.807) is 7.11 Å². The fourth-order valence-electron chi connectivity index (χ4n) is 2.33. The molecule has 0 aliphatic heterocycles. The zero-order valence-electron chi connectivity index (χ0n) is 10.9. The van der Waals surface area contributed by atoms with Gasteiger partial charge in [0.05, 0.1) is 18.0 Å². The van der Waals surface area contributed by atoms with E-state index in [2.05, 4.69) is 10.1 Å². The maximum Gasteiger partial charge on any atom is 0.374 e. The second-order valence-electron chi connectivity index (χ2n) is 4.39. The van der Waals surface area contributed by atoms with Crippen LogP contribution in [0.25, 0.3) is 22.2 Å². The van der Waals surface area contributed by atoms with Gasteiger partial charge in [-0.1, -0.05) is 11.2 Å². The number of aromatic nitrogens is 2. The highest BCUT2D eigenvalue weighted by Crippen LogP contribution is 2.37. The highest BCUT2D eigenvalue weighted by atomic mass is 16.5. The molecule has 0 bridgehead atoms. The molecule has 20 heavy (non-hydrogen) atoms. The van der Waals surface area contributed by atoms with Crippen LogP contribution in [0.4, 0.5) is 0 Å². The minimum absolute atomic E-state index is 0.191. The number of rotatable bonds is 3. The molecule has 0 aliphatic carbocycles. The van der Waals surface area contributed by atoms with E-state index in [-0.39, 0.29) is 5.76 Å². The lowest BCUT2D eigenvalue weighted by Gasteiger charge is -2.03. The quantitative estimate of drug-likeness (QED) is 0.765. The van der Waals surface area contributed by atoms with Crippen molar-refractivity contribution in [2.24, 2.45) is 0 Å². The number of benzene rings is 1. The van der Waals surface area contributed by atoms with Gasteiger partial charge in [-0.3, -0.25) is 0 Å². The Morgan fingerprint density at radius 1 is 1.45 bits per heavy atom. The van der Waals surface area contributed by atoms with E-state index in [0.29, 0.717) is 11.4 Å². The summed E-state index contributed by atoms with van der Waals surface area (Å²) in [5, 5.41) is 13.6. The number of nitrogens with zero attached hydrogens (tertiary/aromatic N) is 1. The zero-order valence-corrected chi connectivity index (χ0v) is 10.9. The van der Waals surface area contributed by atoms with Crippen molar-refractivity contribution >= 4 is 16.9 Å². The van der Waals surface area contributed by atoms with Gasteiger partial charge in [-0.2, -0.15) is 0 Å². The van der Waals surface area contributed by atoms with Gasteiger partial charge in [0.2, 0.25) is 5.76 Å². The number of aromatic amines is 1. The molecule has 2 N–H and O–H groups in total. The van der Waals surface area contributed by atoms with Crippen LogP contribution in [0.15, 0.2) is 28.8 Å². The lowest BCUT2D eigenvalue weighted by atomic mass is 10.1. The first-order chi connectivity index (χ1) is 9.61. The molecule has 0 atom stereocenters. The number of ether oxygens (including phenoxy) is 1. The molecule has 1 aromatic carbocycles. The number of nitrogens with one attached hydrogen (secondary N) is 1. The van der Waals surface area contributed by atoms with Gasteiger partial charge in [-0.15, -0.1) is 0 Å².